The van der Waals surface area contributed by atoms with E-state index in [4.69, 9.17) is 5.11 Å². The Morgan fingerprint density at radius 2 is 2.27 bits per heavy atom. The van der Waals surface area contributed by atoms with Crippen molar-refractivity contribution in [3.05, 3.63) is 25.5 Å². The molecule has 15 heavy (non-hydrogen) atoms. The number of hydrogen-bond donors (Lipinski definition) is 1. The number of carboxylic acid groups (broad SMARTS) is 1. The highest BCUT2D eigenvalue weighted by molar-refractivity contribution is 14.1. The smallest absolute Gasteiger partial charge is 0.307 e. The Kier molecular flexibility index (Phi) is 4.38. The van der Waals surface area contributed by atoms with Crippen LogP contribution in [0.3, 0.4) is 0 Å². The quantitative estimate of drug-likeness (QED) is 0.636. The Hall–Kier alpha value is -0.310. The molecule has 0 aliphatic rings. The molecule has 1 heterocycles. The van der Waals surface area contributed by atoms with Crippen LogP contribution in [0.2, 0.25) is 0 Å². The highest BCUT2D eigenvalue weighted by atomic mass is 127. The van der Waals surface area contributed by atoms with E-state index in [1.54, 1.807) is 22.6 Å². The fourth-order valence-electron chi connectivity index (χ4n) is 1.05. The SMILES string of the molecule is O=C(O)Cc1cnc(Br)c(I)c1C(F)F. The number of carboxylic acids is 1. The first-order valence-corrected chi connectivity index (χ1v) is 5.63. The van der Waals surface area contributed by atoms with Gasteiger partial charge in [0.15, 0.2) is 0 Å². The Morgan fingerprint density at radius 3 is 2.73 bits per heavy atom. The summed E-state index contributed by atoms with van der Waals surface area (Å²) in [5, 5.41) is 8.55. The Morgan fingerprint density at radius 1 is 1.67 bits per heavy atom. The molecule has 1 N–H and O–H groups in total. The first kappa shape index (κ1) is 12.8. The summed E-state index contributed by atoms with van der Waals surface area (Å²) in [7, 11) is 0. The van der Waals surface area contributed by atoms with Crippen molar-refractivity contribution in [2.75, 3.05) is 0 Å². The second-order valence-electron chi connectivity index (χ2n) is 2.67. The third kappa shape index (κ3) is 3.07. The maximum Gasteiger partial charge on any atom is 0.307 e. The third-order valence-electron chi connectivity index (χ3n) is 1.66. The lowest BCUT2D eigenvalue weighted by Gasteiger charge is -2.09. The van der Waals surface area contributed by atoms with Crippen LogP contribution in [0.1, 0.15) is 17.6 Å². The maximum atomic E-state index is 12.7. The monoisotopic (exact) mass is 391 g/mol. The standard InChI is InChI=1S/C8H5BrF2INO2/c9-7-6(12)5(8(10)11)3(2-13-7)1-4(14)15/h2,8H,1H2,(H,14,15). The van der Waals surface area contributed by atoms with Gasteiger partial charge in [0, 0.05) is 11.8 Å². The normalized spacial score (nSPS) is 10.7. The van der Waals surface area contributed by atoms with Crippen molar-refractivity contribution in [1.82, 2.24) is 4.98 Å². The Bertz CT molecular complexity index is 400. The van der Waals surface area contributed by atoms with Gasteiger partial charge in [-0.25, -0.2) is 13.8 Å². The van der Waals surface area contributed by atoms with Crippen molar-refractivity contribution in [2.24, 2.45) is 0 Å². The van der Waals surface area contributed by atoms with E-state index in [9.17, 15) is 13.6 Å². The van der Waals surface area contributed by atoms with E-state index in [1.807, 2.05) is 0 Å². The largest absolute Gasteiger partial charge is 0.481 e. The van der Waals surface area contributed by atoms with E-state index in [0.717, 1.165) is 6.20 Å². The van der Waals surface area contributed by atoms with Crippen molar-refractivity contribution >= 4 is 44.5 Å². The average molecular weight is 392 g/mol. The number of nitrogens with zero attached hydrogens (tertiary/aromatic N) is 1. The third-order valence-corrected chi connectivity index (χ3v) is 4.09. The summed E-state index contributed by atoms with van der Waals surface area (Å²) < 4.78 is 25.9. The molecular formula is C8H5BrF2INO2. The second-order valence-corrected chi connectivity index (χ2v) is 4.50. The van der Waals surface area contributed by atoms with Crippen LogP contribution in [0.25, 0.3) is 0 Å². The topological polar surface area (TPSA) is 50.2 Å². The van der Waals surface area contributed by atoms with Crippen LogP contribution in [-0.4, -0.2) is 16.1 Å². The number of carbonyl (C=O) groups is 1. The summed E-state index contributed by atoms with van der Waals surface area (Å²) >= 11 is 4.73. The molecular weight excluding hydrogens is 387 g/mol. The first-order chi connectivity index (χ1) is 6.93. The molecule has 0 amide bonds. The zero-order valence-corrected chi connectivity index (χ0v) is 10.9. The van der Waals surface area contributed by atoms with Gasteiger partial charge in [-0.2, -0.15) is 0 Å². The van der Waals surface area contributed by atoms with E-state index >= 15 is 0 Å². The summed E-state index contributed by atoms with van der Waals surface area (Å²) in [5.74, 6) is -1.16. The molecule has 1 aromatic heterocycles. The van der Waals surface area contributed by atoms with Crippen molar-refractivity contribution < 1.29 is 18.7 Å². The van der Waals surface area contributed by atoms with Crippen LogP contribution < -0.4 is 0 Å². The van der Waals surface area contributed by atoms with Crippen LogP contribution in [0.15, 0.2) is 10.8 Å². The van der Waals surface area contributed by atoms with E-state index in [1.165, 1.54) is 0 Å². The molecule has 0 saturated heterocycles. The molecule has 0 aromatic carbocycles. The van der Waals surface area contributed by atoms with Gasteiger partial charge in [0.25, 0.3) is 6.43 Å². The number of alkyl halides is 2. The molecule has 0 fully saturated rings. The van der Waals surface area contributed by atoms with E-state index in [0.29, 0.717) is 4.60 Å². The summed E-state index contributed by atoms with van der Waals surface area (Å²) in [5.41, 5.74) is -0.218. The number of hydrogen-bond acceptors (Lipinski definition) is 2. The van der Waals surface area contributed by atoms with Gasteiger partial charge in [0.05, 0.1) is 9.99 Å². The zero-order valence-electron chi connectivity index (χ0n) is 7.18. The predicted molar refractivity (Wildman–Crippen MR) is 61.0 cm³/mol. The van der Waals surface area contributed by atoms with Crippen molar-refractivity contribution in [3.8, 4) is 0 Å². The van der Waals surface area contributed by atoms with Crippen LogP contribution in [0.5, 0.6) is 0 Å². The van der Waals surface area contributed by atoms with Crippen molar-refractivity contribution in [2.45, 2.75) is 12.8 Å². The molecule has 0 aliphatic carbocycles. The van der Waals surface area contributed by atoms with Gasteiger partial charge in [0.1, 0.15) is 4.60 Å². The Balaban J connectivity index is 3.26. The van der Waals surface area contributed by atoms with E-state index in [2.05, 4.69) is 20.9 Å². The minimum Gasteiger partial charge on any atom is -0.481 e. The zero-order chi connectivity index (χ0) is 11.6. The molecule has 0 spiro atoms. The lowest BCUT2D eigenvalue weighted by molar-refractivity contribution is -0.136. The summed E-state index contributed by atoms with van der Waals surface area (Å²) in [4.78, 5) is 14.2. The average Bonchev–Trinajstić information content (AvgIpc) is 2.10. The molecule has 7 heteroatoms. The fourth-order valence-corrected chi connectivity index (χ4v) is 2.09. The Labute approximate surface area is 106 Å². The molecule has 82 valence electrons. The van der Waals surface area contributed by atoms with Crippen molar-refractivity contribution in [3.63, 3.8) is 0 Å². The number of aromatic nitrogens is 1. The van der Waals surface area contributed by atoms with Gasteiger partial charge in [-0.15, -0.1) is 0 Å². The lowest BCUT2D eigenvalue weighted by atomic mass is 10.1. The van der Waals surface area contributed by atoms with Gasteiger partial charge < -0.3 is 5.11 Å². The van der Waals surface area contributed by atoms with E-state index < -0.39 is 18.8 Å². The lowest BCUT2D eigenvalue weighted by Crippen LogP contribution is -2.07. The molecule has 0 atom stereocenters. The summed E-state index contributed by atoms with van der Waals surface area (Å²) in [6.45, 7) is 0. The maximum absolute atomic E-state index is 12.7. The van der Waals surface area contributed by atoms with Crippen LogP contribution in [0.4, 0.5) is 8.78 Å². The van der Waals surface area contributed by atoms with Gasteiger partial charge in [-0.05, 0) is 44.1 Å². The van der Waals surface area contributed by atoms with Crippen LogP contribution in [0, 0.1) is 3.57 Å². The number of aliphatic carboxylic acids is 1. The highest BCUT2D eigenvalue weighted by Crippen LogP contribution is 2.31. The van der Waals surface area contributed by atoms with Crippen LogP contribution >= 0.6 is 38.5 Å². The van der Waals surface area contributed by atoms with Crippen molar-refractivity contribution in [1.29, 1.82) is 0 Å². The fraction of sp³-hybridized carbons (Fsp3) is 0.250. The summed E-state index contributed by atoms with van der Waals surface area (Å²) in [6, 6.07) is 0. The molecule has 0 aliphatic heterocycles. The number of halogens is 4. The molecule has 3 nitrogen and oxygen atoms in total. The molecule has 1 rings (SSSR count). The second kappa shape index (κ2) is 5.15. The molecule has 0 saturated carbocycles. The first-order valence-electron chi connectivity index (χ1n) is 3.76. The summed E-state index contributed by atoms with van der Waals surface area (Å²) in [6.07, 6.45) is -2.00. The van der Waals surface area contributed by atoms with Gasteiger partial charge in [-0.3, -0.25) is 4.79 Å². The minimum atomic E-state index is -2.70. The predicted octanol–water partition coefficient (Wildman–Crippen LogP) is 3.01. The van der Waals surface area contributed by atoms with Crippen LogP contribution in [-0.2, 0) is 11.2 Å². The van der Waals surface area contributed by atoms with Gasteiger partial charge in [-0.1, -0.05) is 0 Å². The van der Waals surface area contributed by atoms with Gasteiger partial charge in [0.2, 0.25) is 0 Å². The van der Waals surface area contributed by atoms with Gasteiger partial charge >= 0.3 is 5.97 Å². The molecule has 0 radical (unpaired) electrons. The number of rotatable bonds is 3. The molecule has 0 unspecified atom stereocenters. The number of pyridine rings is 1. The highest BCUT2D eigenvalue weighted by Gasteiger charge is 2.20. The minimum absolute atomic E-state index is 0.0464. The van der Waals surface area contributed by atoms with E-state index in [-0.39, 0.29) is 14.7 Å². The molecule has 0 bridgehead atoms. The molecule has 1 aromatic rings.